The molecule has 0 amide bonds. The molecule has 3 heteroatoms. The zero-order chi connectivity index (χ0) is 13.1. The van der Waals surface area contributed by atoms with Gasteiger partial charge in [0.25, 0.3) is 0 Å². The van der Waals surface area contributed by atoms with E-state index >= 15 is 0 Å². The standard InChI is InChI=1S/C15H15N3/c1-10-7-14(17)15(8-11(10)2)18-13-5-3-12(9-16)4-6-13/h3-8,18H,17H2,1-2H3. The summed E-state index contributed by atoms with van der Waals surface area (Å²) >= 11 is 0. The second kappa shape index (κ2) is 4.80. The van der Waals surface area contributed by atoms with E-state index in [-0.39, 0.29) is 0 Å². The first kappa shape index (κ1) is 12.0. The summed E-state index contributed by atoms with van der Waals surface area (Å²) < 4.78 is 0. The quantitative estimate of drug-likeness (QED) is 0.786. The highest BCUT2D eigenvalue weighted by Gasteiger charge is 2.03. The van der Waals surface area contributed by atoms with Crippen LogP contribution in [0.1, 0.15) is 16.7 Å². The van der Waals surface area contributed by atoms with Crippen molar-refractivity contribution in [2.75, 3.05) is 11.1 Å². The normalized spacial score (nSPS) is 9.83. The first-order chi connectivity index (χ1) is 8.60. The summed E-state index contributed by atoms with van der Waals surface area (Å²) in [6.07, 6.45) is 0. The molecule has 0 unspecified atom stereocenters. The van der Waals surface area contributed by atoms with E-state index in [1.165, 1.54) is 11.1 Å². The number of rotatable bonds is 2. The molecule has 90 valence electrons. The molecular weight excluding hydrogens is 222 g/mol. The van der Waals surface area contributed by atoms with Crippen LogP contribution in [-0.4, -0.2) is 0 Å². The van der Waals surface area contributed by atoms with Gasteiger partial charge in [0.05, 0.1) is 23.0 Å². The van der Waals surface area contributed by atoms with Crippen LogP contribution < -0.4 is 11.1 Å². The van der Waals surface area contributed by atoms with Gasteiger partial charge in [0.1, 0.15) is 0 Å². The molecule has 0 aliphatic carbocycles. The Labute approximate surface area is 107 Å². The monoisotopic (exact) mass is 237 g/mol. The van der Waals surface area contributed by atoms with Crippen molar-refractivity contribution in [1.82, 2.24) is 0 Å². The second-order valence-corrected chi connectivity index (χ2v) is 4.34. The second-order valence-electron chi connectivity index (χ2n) is 4.34. The van der Waals surface area contributed by atoms with Gasteiger partial charge in [-0.15, -0.1) is 0 Å². The third-order valence-electron chi connectivity index (χ3n) is 2.96. The van der Waals surface area contributed by atoms with Gasteiger partial charge in [0.15, 0.2) is 0 Å². The molecule has 2 rings (SSSR count). The lowest BCUT2D eigenvalue weighted by molar-refractivity contribution is 1.34. The molecule has 0 heterocycles. The molecule has 3 N–H and O–H groups in total. The molecule has 0 aromatic heterocycles. The molecule has 18 heavy (non-hydrogen) atoms. The lowest BCUT2D eigenvalue weighted by Gasteiger charge is -2.12. The van der Waals surface area contributed by atoms with Gasteiger partial charge in [-0.3, -0.25) is 0 Å². The number of benzene rings is 2. The van der Waals surface area contributed by atoms with Crippen molar-refractivity contribution in [1.29, 1.82) is 5.26 Å². The van der Waals surface area contributed by atoms with E-state index in [2.05, 4.69) is 18.3 Å². The number of nitrogens with two attached hydrogens (primary N) is 1. The number of nitrogens with zero attached hydrogens (tertiary/aromatic N) is 1. The summed E-state index contributed by atoms with van der Waals surface area (Å²) in [5, 5.41) is 12.0. The number of nitrogen functional groups attached to an aromatic ring is 1. The van der Waals surface area contributed by atoms with Crippen LogP contribution in [0.3, 0.4) is 0 Å². The molecule has 3 nitrogen and oxygen atoms in total. The molecule has 0 saturated heterocycles. The van der Waals surface area contributed by atoms with Crippen molar-refractivity contribution in [3.63, 3.8) is 0 Å². The van der Waals surface area contributed by atoms with Crippen LogP contribution in [0.5, 0.6) is 0 Å². The average Bonchev–Trinajstić information content (AvgIpc) is 2.37. The van der Waals surface area contributed by atoms with E-state index < -0.39 is 0 Å². The topological polar surface area (TPSA) is 61.8 Å². The van der Waals surface area contributed by atoms with E-state index in [1.807, 2.05) is 31.2 Å². The number of aryl methyl sites for hydroxylation is 2. The highest BCUT2D eigenvalue weighted by Crippen LogP contribution is 2.26. The number of nitrogens with one attached hydrogen (secondary N) is 1. The Morgan fingerprint density at radius 2 is 1.67 bits per heavy atom. The Balaban J connectivity index is 2.28. The third-order valence-corrected chi connectivity index (χ3v) is 2.96. The molecule has 0 aliphatic rings. The Morgan fingerprint density at radius 1 is 1.06 bits per heavy atom. The van der Waals surface area contributed by atoms with Crippen molar-refractivity contribution < 1.29 is 0 Å². The SMILES string of the molecule is Cc1cc(N)c(Nc2ccc(C#N)cc2)cc1C. The zero-order valence-corrected chi connectivity index (χ0v) is 10.5. The first-order valence-electron chi connectivity index (χ1n) is 5.74. The van der Waals surface area contributed by atoms with Gasteiger partial charge < -0.3 is 11.1 Å². The lowest BCUT2D eigenvalue weighted by Crippen LogP contribution is -1.98. The number of anilines is 3. The Bertz CT molecular complexity index is 607. The minimum Gasteiger partial charge on any atom is -0.397 e. The minimum absolute atomic E-state index is 0.647. The van der Waals surface area contributed by atoms with Crippen LogP contribution in [0.2, 0.25) is 0 Å². The maximum absolute atomic E-state index is 8.74. The molecule has 2 aromatic carbocycles. The molecule has 0 fully saturated rings. The Morgan fingerprint density at radius 3 is 2.28 bits per heavy atom. The molecule has 0 atom stereocenters. The number of hydrogen-bond donors (Lipinski definition) is 2. The third kappa shape index (κ3) is 2.44. The van der Waals surface area contributed by atoms with Gasteiger partial charge in [0.2, 0.25) is 0 Å². The van der Waals surface area contributed by atoms with E-state index in [0.717, 1.165) is 17.1 Å². The summed E-state index contributed by atoms with van der Waals surface area (Å²) in [5.41, 5.74) is 11.5. The van der Waals surface area contributed by atoms with Crippen LogP contribution in [0.25, 0.3) is 0 Å². The molecule has 0 saturated carbocycles. The highest BCUT2D eigenvalue weighted by molar-refractivity contribution is 5.74. The van der Waals surface area contributed by atoms with Crippen molar-refractivity contribution in [2.45, 2.75) is 13.8 Å². The lowest BCUT2D eigenvalue weighted by atomic mass is 10.1. The predicted molar refractivity (Wildman–Crippen MR) is 74.8 cm³/mol. The van der Waals surface area contributed by atoms with Crippen molar-refractivity contribution in [3.8, 4) is 6.07 Å². The van der Waals surface area contributed by atoms with Crippen LogP contribution in [-0.2, 0) is 0 Å². The van der Waals surface area contributed by atoms with Gasteiger partial charge in [-0.05, 0) is 61.4 Å². The van der Waals surface area contributed by atoms with E-state index in [9.17, 15) is 0 Å². The van der Waals surface area contributed by atoms with E-state index in [0.29, 0.717) is 5.56 Å². The van der Waals surface area contributed by atoms with Gasteiger partial charge in [0, 0.05) is 5.69 Å². The summed E-state index contributed by atoms with van der Waals surface area (Å²) in [6.45, 7) is 4.09. The largest absolute Gasteiger partial charge is 0.397 e. The fraction of sp³-hybridized carbons (Fsp3) is 0.133. The number of hydrogen-bond acceptors (Lipinski definition) is 3. The Kier molecular flexibility index (Phi) is 3.20. The smallest absolute Gasteiger partial charge is 0.0991 e. The van der Waals surface area contributed by atoms with Gasteiger partial charge in [-0.2, -0.15) is 5.26 Å². The minimum atomic E-state index is 0.647. The average molecular weight is 237 g/mol. The highest BCUT2D eigenvalue weighted by atomic mass is 14.9. The fourth-order valence-electron chi connectivity index (χ4n) is 1.73. The first-order valence-corrected chi connectivity index (χ1v) is 5.74. The molecule has 0 spiro atoms. The number of nitriles is 1. The molecule has 0 bridgehead atoms. The van der Waals surface area contributed by atoms with Gasteiger partial charge >= 0.3 is 0 Å². The van der Waals surface area contributed by atoms with Gasteiger partial charge in [-0.25, -0.2) is 0 Å². The molecule has 2 aromatic rings. The van der Waals surface area contributed by atoms with Crippen molar-refractivity contribution in [2.24, 2.45) is 0 Å². The summed E-state index contributed by atoms with van der Waals surface area (Å²) in [6, 6.07) is 13.4. The Hall–Kier alpha value is -2.47. The van der Waals surface area contributed by atoms with Crippen LogP contribution in [0.15, 0.2) is 36.4 Å². The van der Waals surface area contributed by atoms with Crippen molar-refractivity contribution in [3.05, 3.63) is 53.1 Å². The van der Waals surface area contributed by atoms with E-state index in [1.54, 1.807) is 12.1 Å². The van der Waals surface area contributed by atoms with Crippen LogP contribution in [0, 0.1) is 25.2 Å². The fourth-order valence-corrected chi connectivity index (χ4v) is 1.73. The predicted octanol–water partition coefficient (Wildman–Crippen LogP) is 3.50. The zero-order valence-electron chi connectivity index (χ0n) is 10.5. The summed E-state index contributed by atoms with van der Waals surface area (Å²) in [5.74, 6) is 0. The van der Waals surface area contributed by atoms with Gasteiger partial charge in [-0.1, -0.05) is 0 Å². The molecular formula is C15H15N3. The van der Waals surface area contributed by atoms with Crippen molar-refractivity contribution >= 4 is 17.1 Å². The molecule has 0 radical (unpaired) electrons. The summed E-state index contributed by atoms with van der Waals surface area (Å²) in [7, 11) is 0. The van der Waals surface area contributed by atoms with Crippen LogP contribution in [0.4, 0.5) is 17.1 Å². The maximum atomic E-state index is 8.74. The molecule has 0 aliphatic heterocycles. The van der Waals surface area contributed by atoms with Crippen LogP contribution >= 0.6 is 0 Å². The van der Waals surface area contributed by atoms with E-state index in [4.69, 9.17) is 11.0 Å². The summed E-state index contributed by atoms with van der Waals surface area (Å²) in [4.78, 5) is 0. The maximum Gasteiger partial charge on any atom is 0.0991 e.